The molecule has 4 rings (SSSR count). The van der Waals surface area contributed by atoms with E-state index in [1.54, 1.807) is 4.90 Å². The van der Waals surface area contributed by atoms with Crippen LogP contribution in [0.1, 0.15) is 54.2 Å². The predicted octanol–water partition coefficient (Wildman–Crippen LogP) is 4.65. The van der Waals surface area contributed by atoms with Crippen molar-refractivity contribution in [1.82, 2.24) is 9.88 Å². The van der Waals surface area contributed by atoms with Gasteiger partial charge in [-0.3, -0.25) is 4.79 Å². The Labute approximate surface area is 172 Å². The Morgan fingerprint density at radius 1 is 1.21 bits per heavy atom. The summed E-state index contributed by atoms with van der Waals surface area (Å²) in [6.07, 6.45) is 2.31. The number of hydrogen-bond donors (Lipinski definition) is 2. The van der Waals surface area contributed by atoms with Gasteiger partial charge in [-0.1, -0.05) is 62.7 Å². The summed E-state index contributed by atoms with van der Waals surface area (Å²) in [7, 11) is 0. The summed E-state index contributed by atoms with van der Waals surface area (Å²) in [5.74, 6) is 0.361. The van der Waals surface area contributed by atoms with Crippen molar-refractivity contribution in [2.24, 2.45) is 5.92 Å². The van der Waals surface area contributed by atoms with E-state index in [0.29, 0.717) is 31.0 Å². The molecule has 2 heterocycles. The van der Waals surface area contributed by atoms with Crippen molar-refractivity contribution in [2.45, 2.75) is 45.6 Å². The summed E-state index contributed by atoms with van der Waals surface area (Å²) >= 11 is 0. The van der Waals surface area contributed by atoms with Crippen molar-refractivity contribution in [2.75, 3.05) is 13.1 Å². The molecule has 0 spiro atoms. The molecular weight excluding hydrogens is 360 g/mol. The maximum atomic E-state index is 13.1. The largest absolute Gasteiger partial charge is 0.391 e. The molecule has 152 valence electrons. The third-order valence-corrected chi connectivity index (χ3v) is 6.76. The molecule has 29 heavy (non-hydrogen) atoms. The van der Waals surface area contributed by atoms with Crippen LogP contribution >= 0.6 is 0 Å². The molecule has 1 aliphatic heterocycles. The van der Waals surface area contributed by atoms with Crippen molar-refractivity contribution in [3.05, 3.63) is 70.9 Å². The Balaban J connectivity index is 1.82. The smallest absolute Gasteiger partial charge is 0.256 e. The number of hydrogen-bond acceptors (Lipinski definition) is 2. The number of amides is 1. The van der Waals surface area contributed by atoms with Crippen molar-refractivity contribution in [3.8, 4) is 0 Å². The van der Waals surface area contributed by atoms with E-state index in [2.05, 4.69) is 69.2 Å². The first-order chi connectivity index (χ1) is 13.8. The van der Waals surface area contributed by atoms with Crippen molar-refractivity contribution < 1.29 is 9.90 Å². The fraction of sp³-hybridized carbons (Fsp3) is 0.400. The molecule has 1 amide bonds. The number of aryl methyl sites for hydroxylation is 1. The van der Waals surface area contributed by atoms with Crippen LogP contribution in [0, 0.1) is 12.8 Å². The lowest BCUT2D eigenvalue weighted by molar-refractivity contribution is 0.0766. The van der Waals surface area contributed by atoms with Crippen LogP contribution in [0.3, 0.4) is 0 Å². The quantitative estimate of drug-likeness (QED) is 0.682. The molecule has 0 radical (unpaired) electrons. The minimum atomic E-state index is -0.414. The Hall–Kier alpha value is -2.59. The zero-order chi connectivity index (χ0) is 20.8. The molecule has 1 saturated heterocycles. The van der Waals surface area contributed by atoms with Gasteiger partial charge in [0.2, 0.25) is 0 Å². The number of aromatic amines is 1. The number of β-amino-alcohol motifs (C(OH)–C–C–N with tert-alkyl or cyclic N) is 1. The van der Waals surface area contributed by atoms with Crippen LogP contribution in [0.15, 0.2) is 48.7 Å². The van der Waals surface area contributed by atoms with Crippen molar-refractivity contribution >= 4 is 16.8 Å². The van der Waals surface area contributed by atoms with Gasteiger partial charge in [0.05, 0.1) is 17.2 Å². The van der Waals surface area contributed by atoms with Crippen LogP contribution in [0.4, 0.5) is 0 Å². The minimum absolute atomic E-state index is 0.0119. The number of likely N-dealkylation sites (tertiary alicyclic amines) is 1. The van der Waals surface area contributed by atoms with Crippen LogP contribution in [-0.2, 0) is 5.41 Å². The van der Waals surface area contributed by atoms with E-state index >= 15 is 0 Å². The van der Waals surface area contributed by atoms with E-state index in [9.17, 15) is 9.90 Å². The summed E-state index contributed by atoms with van der Waals surface area (Å²) < 4.78 is 0. The molecule has 1 fully saturated rings. The Morgan fingerprint density at radius 3 is 2.55 bits per heavy atom. The lowest BCUT2D eigenvalue weighted by Gasteiger charge is -2.35. The van der Waals surface area contributed by atoms with Crippen LogP contribution in [0.2, 0.25) is 0 Å². The second-order valence-electron chi connectivity index (χ2n) is 8.85. The summed E-state index contributed by atoms with van der Waals surface area (Å²) in [6.45, 7) is 9.91. The molecule has 1 aliphatic rings. The van der Waals surface area contributed by atoms with Gasteiger partial charge in [-0.2, -0.15) is 0 Å². The number of rotatable bonds is 4. The van der Waals surface area contributed by atoms with Crippen molar-refractivity contribution in [1.29, 1.82) is 0 Å². The number of nitrogens with zero attached hydrogens (tertiary/aromatic N) is 1. The third-order valence-electron chi connectivity index (χ3n) is 6.76. The maximum absolute atomic E-state index is 13.1. The summed E-state index contributed by atoms with van der Waals surface area (Å²) in [5.41, 5.74) is 5.11. The number of carbonyl (C=O) groups is 1. The van der Waals surface area contributed by atoms with Gasteiger partial charge in [0.25, 0.3) is 5.91 Å². The van der Waals surface area contributed by atoms with Crippen LogP contribution in [0.5, 0.6) is 0 Å². The molecule has 0 bridgehead atoms. The van der Waals surface area contributed by atoms with Gasteiger partial charge in [-0.05, 0) is 36.5 Å². The maximum Gasteiger partial charge on any atom is 0.256 e. The van der Waals surface area contributed by atoms with E-state index < -0.39 is 6.10 Å². The van der Waals surface area contributed by atoms with E-state index in [1.807, 2.05) is 12.1 Å². The number of carbonyl (C=O) groups excluding carboxylic acids is 1. The molecular formula is C25H30N2O2. The van der Waals surface area contributed by atoms with E-state index in [0.717, 1.165) is 10.9 Å². The van der Waals surface area contributed by atoms with Gasteiger partial charge in [0.15, 0.2) is 0 Å². The van der Waals surface area contributed by atoms with Gasteiger partial charge in [0.1, 0.15) is 0 Å². The summed E-state index contributed by atoms with van der Waals surface area (Å²) in [5, 5.41) is 10.9. The Kier molecular flexibility index (Phi) is 4.99. The van der Waals surface area contributed by atoms with Gasteiger partial charge in [-0.15, -0.1) is 0 Å². The van der Waals surface area contributed by atoms with Gasteiger partial charge in [0, 0.05) is 30.1 Å². The molecule has 2 aromatic carbocycles. The van der Waals surface area contributed by atoms with Crippen LogP contribution in [0.25, 0.3) is 10.9 Å². The molecule has 2 N–H and O–H groups in total. The van der Waals surface area contributed by atoms with Crippen LogP contribution in [-0.4, -0.2) is 40.1 Å². The summed E-state index contributed by atoms with van der Waals surface area (Å²) in [4.78, 5) is 18.3. The van der Waals surface area contributed by atoms with E-state index in [-0.39, 0.29) is 11.3 Å². The molecule has 0 aliphatic carbocycles. The first-order valence-electron chi connectivity index (χ1n) is 10.5. The second kappa shape index (κ2) is 7.34. The summed E-state index contributed by atoms with van der Waals surface area (Å²) in [6, 6.07) is 14.7. The first kappa shape index (κ1) is 19.7. The zero-order valence-electron chi connectivity index (χ0n) is 17.7. The highest BCUT2D eigenvalue weighted by molar-refractivity contribution is 6.06. The SMILES string of the molecule is Cc1ccc(C(C)(c2c[nH]c3c(C(=O)N4CCC(O)C4)cccc23)C(C)C)cc1. The molecule has 3 aromatic rings. The van der Waals surface area contributed by atoms with E-state index in [1.165, 1.54) is 16.7 Å². The highest BCUT2D eigenvalue weighted by Crippen LogP contribution is 2.42. The average molecular weight is 391 g/mol. The third kappa shape index (κ3) is 3.25. The van der Waals surface area contributed by atoms with Crippen LogP contribution < -0.4 is 0 Å². The average Bonchev–Trinajstić information content (AvgIpc) is 3.33. The zero-order valence-corrected chi connectivity index (χ0v) is 17.7. The lowest BCUT2D eigenvalue weighted by atomic mass is 9.68. The number of aliphatic hydroxyl groups excluding tert-OH is 1. The fourth-order valence-electron chi connectivity index (χ4n) is 4.56. The highest BCUT2D eigenvalue weighted by Gasteiger charge is 2.35. The Bertz CT molecular complexity index is 1030. The normalized spacial score (nSPS) is 19.1. The molecule has 2 unspecified atom stereocenters. The molecule has 1 aromatic heterocycles. The number of nitrogens with one attached hydrogen (secondary N) is 1. The monoisotopic (exact) mass is 390 g/mol. The first-order valence-corrected chi connectivity index (χ1v) is 10.5. The van der Waals surface area contributed by atoms with Gasteiger partial charge >= 0.3 is 0 Å². The van der Waals surface area contributed by atoms with Gasteiger partial charge in [-0.25, -0.2) is 0 Å². The predicted molar refractivity (Wildman–Crippen MR) is 117 cm³/mol. The molecule has 0 saturated carbocycles. The molecule has 4 nitrogen and oxygen atoms in total. The standard InChI is InChI=1S/C25H30N2O2/c1-16(2)25(4,18-10-8-17(3)9-11-18)22-14-26-23-20(22)6-5-7-21(23)24(29)27-13-12-19(28)15-27/h5-11,14,16,19,26,28H,12-13,15H2,1-4H3. The number of fused-ring (bicyclic) bond motifs is 1. The lowest BCUT2D eigenvalue weighted by Crippen LogP contribution is -2.30. The second-order valence-corrected chi connectivity index (χ2v) is 8.85. The number of para-hydroxylation sites is 1. The number of benzene rings is 2. The number of aromatic nitrogens is 1. The Morgan fingerprint density at radius 2 is 1.93 bits per heavy atom. The molecule has 2 atom stereocenters. The minimum Gasteiger partial charge on any atom is -0.391 e. The topological polar surface area (TPSA) is 56.3 Å². The molecule has 4 heteroatoms. The van der Waals surface area contributed by atoms with E-state index in [4.69, 9.17) is 0 Å². The number of aliphatic hydroxyl groups is 1. The highest BCUT2D eigenvalue weighted by atomic mass is 16.3. The van der Waals surface area contributed by atoms with Crippen molar-refractivity contribution in [3.63, 3.8) is 0 Å². The fourth-order valence-corrected chi connectivity index (χ4v) is 4.56. The van der Waals surface area contributed by atoms with Gasteiger partial charge < -0.3 is 15.0 Å². The number of H-pyrrole nitrogens is 1.